The zero-order valence-corrected chi connectivity index (χ0v) is 18.7. The molecule has 2 fully saturated rings. The molecule has 0 unspecified atom stereocenters. The Morgan fingerprint density at radius 2 is 1.93 bits per heavy atom. The molecule has 152 valence electrons. The topological polar surface area (TPSA) is 54.9 Å². The summed E-state index contributed by atoms with van der Waals surface area (Å²) in [4.78, 5) is 4.37. The Labute approximate surface area is 180 Å². The molecule has 1 aromatic carbocycles. The number of nitrogens with zero attached hydrogens (tertiary/aromatic N) is 1. The number of rotatable bonds is 8. The molecule has 0 amide bonds. The SMILES string of the molecule is CN=C(NCCCOC1CCOCC1)NCC1(c2ccccc2)CCC1.I. The van der Waals surface area contributed by atoms with Gasteiger partial charge in [0, 0.05) is 45.4 Å². The fraction of sp³-hybridized carbons (Fsp3) is 0.667. The van der Waals surface area contributed by atoms with Crippen molar-refractivity contribution in [2.45, 2.75) is 50.0 Å². The lowest BCUT2D eigenvalue weighted by molar-refractivity contribution is -0.0320. The van der Waals surface area contributed by atoms with Crippen LogP contribution in [-0.4, -0.2) is 52.0 Å². The van der Waals surface area contributed by atoms with Gasteiger partial charge in [-0.25, -0.2) is 0 Å². The van der Waals surface area contributed by atoms with Crippen molar-refractivity contribution >= 4 is 29.9 Å². The summed E-state index contributed by atoms with van der Waals surface area (Å²) < 4.78 is 11.3. The van der Waals surface area contributed by atoms with Crippen LogP contribution in [0.3, 0.4) is 0 Å². The van der Waals surface area contributed by atoms with E-state index in [0.717, 1.165) is 58.1 Å². The quantitative estimate of drug-likeness (QED) is 0.255. The van der Waals surface area contributed by atoms with Gasteiger partial charge in [0.2, 0.25) is 0 Å². The molecule has 0 spiro atoms. The number of hydrogen-bond acceptors (Lipinski definition) is 3. The van der Waals surface area contributed by atoms with Gasteiger partial charge in [0.1, 0.15) is 0 Å². The van der Waals surface area contributed by atoms with Crippen molar-refractivity contribution in [2.75, 3.05) is 40.0 Å². The predicted octanol–water partition coefficient (Wildman–Crippen LogP) is 3.48. The molecule has 0 atom stereocenters. The number of guanidine groups is 1. The number of hydrogen-bond donors (Lipinski definition) is 2. The van der Waals surface area contributed by atoms with Crippen LogP contribution in [0.4, 0.5) is 0 Å². The largest absolute Gasteiger partial charge is 0.381 e. The zero-order chi connectivity index (χ0) is 18.1. The molecule has 2 aliphatic rings. The summed E-state index contributed by atoms with van der Waals surface area (Å²) in [6.45, 7) is 4.28. The maximum Gasteiger partial charge on any atom is 0.191 e. The maximum atomic E-state index is 5.92. The predicted molar refractivity (Wildman–Crippen MR) is 121 cm³/mol. The monoisotopic (exact) mass is 487 g/mol. The molecule has 1 aliphatic heterocycles. The van der Waals surface area contributed by atoms with Crippen LogP contribution in [0, 0.1) is 0 Å². The molecule has 6 heteroatoms. The van der Waals surface area contributed by atoms with Crippen molar-refractivity contribution in [3.8, 4) is 0 Å². The van der Waals surface area contributed by atoms with E-state index < -0.39 is 0 Å². The molecule has 1 heterocycles. The number of benzene rings is 1. The lowest BCUT2D eigenvalue weighted by Crippen LogP contribution is -2.49. The summed E-state index contributed by atoms with van der Waals surface area (Å²) in [5.74, 6) is 0.887. The second-order valence-corrected chi connectivity index (χ2v) is 7.39. The van der Waals surface area contributed by atoms with E-state index in [1.807, 2.05) is 7.05 Å². The van der Waals surface area contributed by atoms with E-state index in [4.69, 9.17) is 9.47 Å². The summed E-state index contributed by atoms with van der Waals surface area (Å²) in [6, 6.07) is 10.9. The van der Waals surface area contributed by atoms with Crippen molar-refractivity contribution in [3.63, 3.8) is 0 Å². The van der Waals surface area contributed by atoms with Crippen molar-refractivity contribution in [1.29, 1.82) is 0 Å². The van der Waals surface area contributed by atoms with Gasteiger partial charge in [-0.15, -0.1) is 24.0 Å². The first-order valence-electron chi connectivity index (χ1n) is 10.0. The fourth-order valence-electron chi connectivity index (χ4n) is 3.81. The second kappa shape index (κ2) is 11.9. The Balaban J connectivity index is 0.00000261. The number of ether oxygens (including phenoxy) is 2. The summed E-state index contributed by atoms with van der Waals surface area (Å²) >= 11 is 0. The van der Waals surface area contributed by atoms with Gasteiger partial charge in [0.15, 0.2) is 5.96 Å². The van der Waals surface area contributed by atoms with Crippen LogP contribution in [0.2, 0.25) is 0 Å². The Bertz CT molecular complexity index is 558. The highest BCUT2D eigenvalue weighted by Crippen LogP contribution is 2.43. The fourth-order valence-corrected chi connectivity index (χ4v) is 3.81. The van der Waals surface area contributed by atoms with Crippen LogP contribution < -0.4 is 10.6 Å². The number of halogens is 1. The minimum atomic E-state index is 0. The van der Waals surface area contributed by atoms with Crippen LogP contribution >= 0.6 is 24.0 Å². The molecule has 5 nitrogen and oxygen atoms in total. The van der Waals surface area contributed by atoms with Crippen LogP contribution in [0.1, 0.15) is 44.1 Å². The summed E-state index contributed by atoms with van der Waals surface area (Å²) in [5, 5.41) is 6.95. The minimum Gasteiger partial charge on any atom is -0.381 e. The van der Waals surface area contributed by atoms with E-state index in [9.17, 15) is 0 Å². The molecule has 0 aromatic heterocycles. The van der Waals surface area contributed by atoms with Gasteiger partial charge in [-0.1, -0.05) is 36.8 Å². The molecule has 1 aromatic rings. The van der Waals surface area contributed by atoms with Gasteiger partial charge in [0.25, 0.3) is 0 Å². The lowest BCUT2D eigenvalue weighted by atomic mass is 9.64. The van der Waals surface area contributed by atoms with Gasteiger partial charge in [0.05, 0.1) is 6.10 Å². The van der Waals surface area contributed by atoms with E-state index in [-0.39, 0.29) is 29.4 Å². The van der Waals surface area contributed by atoms with Crippen LogP contribution in [0.25, 0.3) is 0 Å². The van der Waals surface area contributed by atoms with Gasteiger partial charge < -0.3 is 20.1 Å². The van der Waals surface area contributed by atoms with Crippen molar-refractivity contribution in [1.82, 2.24) is 10.6 Å². The zero-order valence-electron chi connectivity index (χ0n) is 16.4. The van der Waals surface area contributed by atoms with Gasteiger partial charge >= 0.3 is 0 Å². The average Bonchev–Trinajstić information content (AvgIpc) is 2.67. The average molecular weight is 487 g/mol. The first-order chi connectivity index (χ1) is 12.8. The molecule has 1 saturated heterocycles. The third-order valence-electron chi connectivity index (χ3n) is 5.65. The third kappa shape index (κ3) is 6.61. The van der Waals surface area contributed by atoms with E-state index >= 15 is 0 Å². The van der Waals surface area contributed by atoms with Crippen molar-refractivity contribution in [2.24, 2.45) is 4.99 Å². The normalized spacial score (nSPS) is 19.7. The van der Waals surface area contributed by atoms with Crippen LogP contribution in [-0.2, 0) is 14.9 Å². The highest BCUT2D eigenvalue weighted by atomic mass is 127. The van der Waals surface area contributed by atoms with E-state index in [0.29, 0.717) is 6.10 Å². The van der Waals surface area contributed by atoms with Gasteiger partial charge in [-0.3, -0.25) is 4.99 Å². The molecular formula is C21H34IN3O2. The van der Waals surface area contributed by atoms with Crippen molar-refractivity contribution < 1.29 is 9.47 Å². The summed E-state index contributed by atoms with van der Waals surface area (Å²) in [6.07, 6.45) is 7.23. The Morgan fingerprint density at radius 1 is 1.19 bits per heavy atom. The second-order valence-electron chi connectivity index (χ2n) is 7.39. The van der Waals surface area contributed by atoms with Crippen LogP contribution in [0.5, 0.6) is 0 Å². The maximum absolute atomic E-state index is 5.92. The summed E-state index contributed by atoms with van der Waals surface area (Å²) in [5.41, 5.74) is 1.71. The van der Waals surface area contributed by atoms with E-state index in [1.165, 1.54) is 24.8 Å². The first kappa shape index (κ1) is 22.4. The lowest BCUT2D eigenvalue weighted by Gasteiger charge is -2.43. The minimum absolute atomic E-state index is 0. The number of nitrogens with one attached hydrogen (secondary N) is 2. The Kier molecular flexibility index (Phi) is 9.86. The molecule has 0 bridgehead atoms. The molecule has 0 radical (unpaired) electrons. The van der Waals surface area contributed by atoms with Gasteiger partial charge in [-0.05, 0) is 37.7 Å². The van der Waals surface area contributed by atoms with E-state index in [1.54, 1.807) is 0 Å². The Hall–Kier alpha value is -0.860. The molecule has 3 rings (SSSR count). The standard InChI is InChI=1S/C21H33N3O2.HI/c1-22-20(23-13-6-14-26-19-9-15-25-16-10-19)24-17-21(11-5-12-21)18-7-3-2-4-8-18;/h2-4,7-8,19H,5-6,9-17H2,1H3,(H2,22,23,24);1H. The molecular weight excluding hydrogens is 453 g/mol. The number of aliphatic imine (C=N–C) groups is 1. The third-order valence-corrected chi connectivity index (χ3v) is 5.65. The Morgan fingerprint density at radius 3 is 2.56 bits per heavy atom. The van der Waals surface area contributed by atoms with Crippen LogP contribution in [0.15, 0.2) is 35.3 Å². The van der Waals surface area contributed by atoms with E-state index in [2.05, 4.69) is 46.0 Å². The smallest absolute Gasteiger partial charge is 0.191 e. The van der Waals surface area contributed by atoms with Crippen molar-refractivity contribution in [3.05, 3.63) is 35.9 Å². The molecule has 1 aliphatic carbocycles. The highest BCUT2D eigenvalue weighted by molar-refractivity contribution is 14.0. The highest BCUT2D eigenvalue weighted by Gasteiger charge is 2.38. The molecule has 2 N–H and O–H groups in total. The summed E-state index contributed by atoms with van der Waals surface area (Å²) in [7, 11) is 1.84. The molecule has 27 heavy (non-hydrogen) atoms. The molecule has 1 saturated carbocycles. The first-order valence-corrected chi connectivity index (χ1v) is 10.0. The van der Waals surface area contributed by atoms with Gasteiger partial charge in [-0.2, -0.15) is 0 Å².